The van der Waals surface area contributed by atoms with Crippen LogP contribution >= 0.6 is 12.6 Å². The molecule has 0 aromatic carbocycles. The predicted molar refractivity (Wildman–Crippen MR) is 45.9 cm³/mol. The molecule has 0 saturated heterocycles. The monoisotopic (exact) mass is 178 g/mol. The van der Waals surface area contributed by atoms with Crippen molar-refractivity contribution in [2.45, 2.75) is 12.8 Å². The van der Waals surface area contributed by atoms with Gasteiger partial charge in [0.1, 0.15) is 0 Å². The van der Waals surface area contributed by atoms with Gasteiger partial charge in [0, 0.05) is 5.75 Å². The van der Waals surface area contributed by atoms with Gasteiger partial charge in [-0.3, -0.25) is 0 Å². The van der Waals surface area contributed by atoms with E-state index in [0.29, 0.717) is 5.75 Å². The molecule has 0 heterocycles. The van der Waals surface area contributed by atoms with Crippen molar-refractivity contribution in [2.75, 3.05) is 11.5 Å². The Bertz CT molecular complexity index is 79.0. The van der Waals surface area contributed by atoms with Gasteiger partial charge < -0.3 is 4.55 Å². The van der Waals surface area contributed by atoms with Crippen molar-refractivity contribution >= 4 is 53.3 Å². The maximum absolute atomic E-state index is 9.96. The number of unbranched alkanes of at least 4 members (excludes halogenated alkanes) is 1. The van der Waals surface area contributed by atoms with E-state index in [1.54, 1.807) is 0 Å². The van der Waals surface area contributed by atoms with E-state index in [1.165, 1.54) is 0 Å². The van der Waals surface area contributed by atoms with Crippen LogP contribution in [0.1, 0.15) is 12.8 Å². The third kappa shape index (κ3) is 12.6. The van der Waals surface area contributed by atoms with Gasteiger partial charge in [-0.05, 0) is 18.6 Å². The van der Waals surface area contributed by atoms with Gasteiger partial charge in [0.2, 0.25) is 0 Å². The van der Waals surface area contributed by atoms with Gasteiger partial charge in [-0.1, -0.05) is 0 Å². The molecule has 1 atom stereocenters. The van der Waals surface area contributed by atoms with E-state index in [1.807, 2.05) is 0 Å². The van der Waals surface area contributed by atoms with Crippen LogP contribution in [-0.4, -0.2) is 49.8 Å². The van der Waals surface area contributed by atoms with E-state index in [4.69, 9.17) is 4.55 Å². The second kappa shape index (κ2) is 9.46. The third-order valence-corrected chi connectivity index (χ3v) is 1.68. The molecular weight excluding hydrogens is 167 g/mol. The third-order valence-electron chi connectivity index (χ3n) is 0.727. The molecule has 0 aliphatic carbocycles. The van der Waals surface area contributed by atoms with Crippen LogP contribution in [0.15, 0.2) is 0 Å². The van der Waals surface area contributed by atoms with Crippen molar-refractivity contribution in [3.8, 4) is 0 Å². The number of rotatable bonds is 4. The molecule has 0 bridgehead atoms. The van der Waals surface area contributed by atoms with E-state index >= 15 is 0 Å². The molecule has 0 rings (SSSR count). The van der Waals surface area contributed by atoms with Gasteiger partial charge in [0.05, 0.1) is 0 Å². The summed E-state index contributed by atoms with van der Waals surface area (Å²) in [4.78, 5) is 0. The Hall–Kier alpha value is 1.46. The summed E-state index contributed by atoms with van der Waals surface area (Å²) in [6.45, 7) is 0. The fourth-order valence-corrected chi connectivity index (χ4v) is 1.01. The zero-order valence-corrected chi connectivity index (χ0v) is 6.25. The Morgan fingerprint density at radius 3 is 2.33 bits per heavy atom. The molecular formula is C4H11NaO2S2. The van der Waals surface area contributed by atoms with Gasteiger partial charge in [-0.2, -0.15) is 12.6 Å². The van der Waals surface area contributed by atoms with Crippen LogP contribution in [0.4, 0.5) is 0 Å². The zero-order valence-electron chi connectivity index (χ0n) is 4.54. The van der Waals surface area contributed by atoms with Gasteiger partial charge in [-0.25, -0.2) is 4.21 Å². The van der Waals surface area contributed by atoms with Crippen molar-refractivity contribution in [2.24, 2.45) is 0 Å². The van der Waals surface area contributed by atoms with Gasteiger partial charge in [0.15, 0.2) is 11.1 Å². The molecule has 0 aliphatic heterocycles. The maximum atomic E-state index is 9.96. The molecule has 2 nitrogen and oxygen atoms in total. The molecule has 0 radical (unpaired) electrons. The average molecular weight is 178 g/mol. The first-order chi connectivity index (χ1) is 3.77. The molecule has 0 aromatic heterocycles. The summed E-state index contributed by atoms with van der Waals surface area (Å²) in [5.41, 5.74) is 0. The van der Waals surface area contributed by atoms with Gasteiger partial charge in [0.25, 0.3) is 0 Å². The van der Waals surface area contributed by atoms with Crippen molar-refractivity contribution in [3.05, 3.63) is 0 Å². The predicted octanol–water partition coefficient (Wildman–Crippen LogP) is 0.270. The number of hydrogen-bond acceptors (Lipinski definition) is 2. The van der Waals surface area contributed by atoms with Crippen LogP contribution in [-0.2, 0) is 11.1 Å². The molecule has 0 amide bonds. The fraction of sp³-hybridized carbons (Fsp3) is 1.00. The van der Waals surface area contributed by atoms with Crippen molar-refractivity contribution in [1.82, 2.24) is 0 Å². The molecule has 1 N–H and O–H groups in total. The molecule has 1 unspecified atom stereocenters. The summed E-state index contributed by atoms with van der Waals surface area (Å²) in [7, 11) is 0. The van der Waals surface area contributed by atoms with Crippen LogP contribution in [0, 0.1) is 0 Å². The van der Waals surface area contributed by atoms with E-state index in [-0.39, 0.29) is 29.6 Å². The fourth-order valence-electron chi connectivity index (χ4n) is 0.337. The van der Waals surface area contributed by atoms with Crippen molar-refractivity contribution in [3.63, 3.8) is 0 Å². The van der Waals surface area contributed by atoms with Gasteiger partial charge >= 0.3 is 29.6 Å². The Morgan fingerprint density at radius 1 is 1.44 bits per heavy atom. The van der Waals surface area contributed by atoms with E-state index in [2.05, 4.69) is 12.6 Å². The Kier molecular flexibility index (Phi) is 13.7. The summed E-state index contributed by atoms with van der Waals surface area (Å²) in [5, 5.41) is 0. The van der Waals surface area contributed by atoms with Crippen LogP contribution in [0.25, 0.3) is 0 Å². The topological polar surface area (TPSA) is 37.3 Å². The molecule has 9 heavy (non-hydrogen) atoms. The van der Waals surface area contributed by atoms with E-state index in [0.717, 1.165) is 18.6 Å². The summed E-state index contributed by atoms with van der Waals surface area (Å²) in [6.07, 6.45) is 1.72. The molecule has 0 aliphatic rings. The first kappa shape index (κ1) is 13.1. The number of hydrogen-bond donors (Lipinski definition) is 2. The van der Waals surface area contributed by atoms with Crippen molar-refractivity contribution < 1.29 is 8.76 Å². The molecule has 0 fully saturated rings. The van der Waals surface area contributed by atoms with E-state index < -0.39 is 11.1 Å². The van der Waals surface area contributed by atoms with E-state index in [9.17, 15) is 4.21 Å². The second-order valence-electron chi connectivity index (χ2n) is 1.46. The SMILES string of the molecule is O=S(O)CCCCS.[NaH]. The normalized spacial score (nSPS) is 12.2. The van der Waals surface area contributed by atoms with Crippen LogP contribution in [0.2, 0.25) is 0 Å². The second-order valence-corrected chi connectivity index (χ2v) is 2.95. The number of thiol groups is 1. The molecule has 0 spiro atoms. The Balaban J connectivity index is 0. The summed E-state index contributed by atoms with van der Waals surface area (Å²) in [6, 6.07) is 0. The molecule has 0 aromatic rings. The summed E-state index contributed by atoms with van der Waals surface area (Å²) < 4.78 is 18.2. The van der Waals surface area contributed by atoms with Crippen LogP contribution in [0.5, 0.6) is 0 Å². The zero-order chi connectivity index (χ0) is 6.41. The Labute approximate surface area is 85.8 Å². The first-order valence-electron chi connectivity index (χ1n) is 2.45. The first-order valence-corrected chi connectivity index (χ1v) is 4.36. The molecule has 52 valence electrons. The van der Waals surface area contributed by atoms with Crippen molar-refractivity contribution in [1.29, 1.82) is 0 Å². The quantitative estimate of drug-likeness (QED) is 0.281. The standard InChI is InChI=1S/C4H10O2S2.Na.H/c5-8(6)4-2-1-3-7;;/h7H,1-4H2,(H,5,6);;. The van der Waals surface area contributed by atoms with Crippen LogP contribution < -0.4 is 0 Å². The average Bonchev–Trinajstić information content (AvgIpc) is 1.66. The molecule has 5 heteroatoms. The summed E-state index contributed by atoms with van der Waals surface area (Å²) >= 11 is 2.34. The Morgan fingerprint density at radius 2 is 2.00 bits per heavy atom. The minimum atomic E-state index is -1.60. The summed E-state index contributed by atoms with van der Waals surface area (Å²) in [5.74, 6) is 1.19. The minimum absolute atomic E-state index is 0. The van der Waals surface area contributed by atoms with Gasteiger partial charge in [-0.15, -0.1) is 0 Å². The van der Waals surface area contributed by atoms with Crippen LogP contribution in [0.3, 0.4) is 0 Å². The molecule has 0 saturated carbocycles.